The van der Waals surface area contributed by atoms with E-state index in [4.69, 9.17) is 10.5 Å². The predicted octanol–water partition coefficient (Wildman–Crippen LogP) is 2.92. The van der Waals surface area contributed by atoms with E-state index in [0.29, 0.717) is 24.8 Å². The Morgan fingerprint density at radius 3 is 2.90 bits per heavy atom. The quantitative estimate of drug-likeness (QED) is 0.596. The molecule has 1 aromatic carbocycles. The number of non-ortho nitro benzene ring substituents is 1. The van der Waals surface area contributed by atoms with E-state index < -0.39 is 0 Å². The van der Waals surface area contributed by atoms with Gasteiger partial charge >= 0.3 is 0 Å². The molecule has 2 atom stereocenters. The molecule has 6 nitrogen and oxygen atoms in total. The van der Waals surface area contributed by atoms with Crippen molar-refractivity contribution in [2.45, 2.75) is 38.6 Å². The molecule has 0 amide bonds. The molecule has 0 bridgehead atoms. The number of nitro groups is 1. The van der Waals surface area contributed by atoms with Crippen LogP contribution in [0.15, 0.2) is 18.2 Å². The minimum Gasteiger partial charge on any atom is -0.493 e. The molecule has 2 rings (SSSR count). The van der Waals surface area contributed by atoms with Crippen LogP contribution in [0, 0.1) is 16.0 Å². The van der Waals surface area contributed by atoms with Crippen LogP contribution in [0.2, 0.25) is 0 Å². The third-order valence-corrected chi connectivity index (χ3v) is 3.89. The van der Waals surface area contributed by atoms with Crippen LogP contribution >= 0.6 is 0 Å². The molecule has 116 valence electrons. The SMILES string of the molecule is CCCOc1cc(NC2CCCC2CN)cc([N+](=O)[O-])c1. The van der Waals surface area contributed by atoms with Crippen molar-refractivity contribution in [1.82, 2.24) is 0 Å². The van der Waals surface area contributed by atoms with Crippen molar-refractivity contribution in [1.29, 1.82) is 0 Å². The highest BCUT2D eigenvalue weighted by atomic mass is 16.6. The van der Waals surface area contributed by atoms with Crippen molar-refractivity contribution in [3.8, 4) is 5.75 Å². The Bertz CT molecular complexity index is 493. The average molecular weight is 293 g/mol. The van der Waals surface area contributed by atoms with E-state index in [0.717, 1.165) is 31.4 Å². The largest absolute Gasteiger partial charge is 0.493 e. The van der Waals surface area contributed by atoms with Gasteiger partial charge in [0, 0.05) is 23.9 Å². The first kappa shape index (κ1) is 15.6. The number of nitro benzene ring substituents is 1. The van der Waals surface area contributed by atoms with Gasteiger partial charge in [0.15, 0.2) is 0 Å². The summed E-state index contributed by atoms with van der Waals surface area (Å²) >= 11 is 0. The van der Waals surface area contributed by atoms with Crippen molar-refractivity contribution < 1.29 is 9.66 Å². The van der Waals surface area contributed by atoms with Crippen LogP contribution in [-0.4, -0.2) is 24.1 Å². The monoisotopic (exact) mass is 293 g/mol. The van der Waals surface area contributed by atoms with Crippen LogP contribution in [0.4, 0.5) is 11.4 Å². The summed E-state index contributed by atoms with van der Waals surface area (Å²) in [6.07, 6.45) is 4.18. The second kappa shape index (κ2) is 7.26. The van der Waals surface area contributed by atoms with Crippen molar-refractivity contribution in [2.24, 2.45) is 11.7 Å². The van der Waals surface area contributed by atoms with Gasteiger partial charge in [0.25, 0.3) is 5.69 Å². The Hall–Kier alpha value is -1.82. The van der Waals surface area contributed by atoms with Crippen molar-refractivity contribution in [2.75, 3.05) is 18.5 Å². The lowest BCUT2D eigenvalue weighted by atomic mass is 10.0. The molecule has 0 spiro atoms. The Morgan fingerprint density at radius 1 is 1.43 bits per heavy atom. The predicted molar refractivity (Wildman–Crippen MR) is 82.7 cm³/mol. The van der Waals surface area contributed by atoms with Crippen LogP contribution in [0.5, 0.6) is 5.75 Å². The molecule has 1 aromatic rings. The van der Waals surface area contributed by atoms with Crippen LogP contribution in [0.3, 0.4) is 0 Å². The number of nitrogens with one attached hydrogen (secondary N) is 1. The maximum Gasteiger partial charge on any atom is 0.275 e. The minimum atomic E-state index is -0.390. The maximum atomic E-state index is 11.0. The van der Waals surface area contributed by atoms with Gasteiger partial charge in [0.2, 0.25) is 0 Å². The molecule has 2 unspecified atom stereocenters. The molecule has 0 saturated heterocycles. The highest BCUT2D eigenvalue weighted by Gasteiger charge is 2.26. The number of nitrogens with two attached hydrogens (primary N) is 1. The van der Waals surface area contributed by atoms with E-state index in [-0.39, 0.29) is 16.7 Å². The average Bonchev–Trinajstić information content (AvgIpc) is 2.92. The summed E-state index contributed by atoms with van der Waals surface area (Å²) in [5.41, 5.74) is 6.56. The number of nitrogens with zero attached hydrogens (tertiary/aromatic N) is 1. The van der Waals surface area contributed by atoms with E-state index in [2.05, 4.69) is 5.32 Å². The molecule has 0 radical (unpaired) electrons. The Morgan fingerprint density at radius 2 is 2.24 bits per heavy atom. The van der Waals surface area contributed by atoms with Crippen molar-refractivity contribution >= 4 is 11.4 Å². The van der Waals surface area contributed by atoms with E-state index in [1.165, 1.54) is 6.07 Å². The molecular formula is C15H23N3O3. The smallest absolute Gasteiger partial charge is 0.275 e. The van der Waals surface area contributed by atoms with E-state index in [9.17, 15) is 10.1 Å². The molecule has 1 aliphatic rings. The number of hydrogen-bond donors (Lipinski definition) is 2. The summed E-state index contributed by atoms with van der Waals surface area (Å²) in [5.74, 6) is 0.972. The van der Waals surface area contributed by atoms with Gasteiger partial charge in [-0.25, -0.2) is 0 Å². The Labute approximate surface area is 124 Å². The lowest BCUT2D eigenvalue weighted by molar-refractivity contribution is -0.384. The van der Waals surface area contributed by atoms with Gasteiger partial charge in [-0.3, -0.25) is 10.1 Å². The summed E-state index contributed by atoms with van der Waals surface area (Å²) in [6.45, 7) is 3.20. The minimum absolute atomic E-state index is 0.0494. The number of benzene rings is 1. The zero-order chi connectivity index (χ0) is 15.2. The topological polar surface area (TPSA) is 90.4 Å². The van der Waals surface area contributed by atoms with Crippen LogP contribution in [0.25, 0.3) is 0 Å². The lowest BCUT2D eigenvalue weighted by Gasteiger charge is -2.21. The third kappa shape index (κ3) is 4.07. The van der Waals surface area contributed by atoms with Crippen LogP contribution < -0.4 is 15.8 Å². The van der Waals surface area contributed by atoms with Gasteiger partial charge in [-0.1, -0.05) is 13.3 Å². The van der Waals surface area contributed by atoms with Gasteiger partial charge in [0.1, 0.15) is 5.75 Å². The highest BCUT2D eigenvalue weighted by Crippen LogP contribution is 2.31. The Balaban J connectivity index is 2.16. The van der Waals surface area contributed by atoms with Crippen LogP contribution in [-0.2, 0) is 0 Å². The standard InChI is InChI=1S/C15H23N3O3/c1-2-6-21-14-8-12(7-13(9-14)18(19)20)17-15-5-3-4-11(15)10-16/h7-9,11,15,17H,2-6,10,16H2,1H3. The summed E-state index contributed by atoms with van der Waals surface area (Å²) in [5, 5.41) is 14.4. The zero-order valence-electron chi connectivity index (χ0n) is 12.4. The van der Waals surface area contributed by atoms with Gasteiger partial charge in [-0.05, 0) is 31.7 Å². The van der Waals surface area contributed by atoms with Crippen LogP contribution in [0.1, 0.15) is 32.6 Å². The molecule has 1 fully saturated rings. The van der Waals surface area contributed by atoms with Gasteiger partial charge < -0.3 is 15.8 Å². The molecule has 21 heavy (non-hydrogen) atoms. The normalized spacial score (nSPS) is 21.2. The molecule has 3 N–H and O–H groups in total. The van der Waals surface area contributed by atoms with E-state index in [1.54, 1.807) is 6.07 Å². The molecular weight excluding hydrogens is 270 g/mol. The molecule has 0 aromatic heterocycles. The van der Waals surface area contributed by atoms with Gasteiger partial charge in [-0.2, -0.15) is 0 Å². The van der Waals surface area contributed by atoms with Crippen molar-refractivity contribution in [3.05, 3.63) is 28.3 Å². The van der Waals surface area contributed by atoms with Crippen molar-refractivity contribution in [3.63, 3.8) is 0 Å². The summed E-state index contributed by atoms with van der Waals surface area (Å²) in [6, 6.07) is 5.14. The number of rotatable bonds is 7. The number of hydrogen-bond acceptors (Lipinski definition) is 5. The zero-order valence-corrected chi connectivity index (χ0v) is 12.4. The van der Waals surface area contributed by atoms with E-state index in [1.807, 2.05) is 13.0 Å². The molecule has 1 aliphatic carbocycles. The number of ether oxygens (including phenoxy) is 1. The Kier molecular flexibility index (Phi) is 5.38. The van der Waals surface area contributed by atoms with Gasteiger partial charge in [-0.15, -0.1) is 0 Å². The van der Waals surface area contributed by atoms with Gasteiger partial charge in [0.05, 0.1) is 17.6 Å². The fourth-order valence-electron chi connectivity index (χ4n) is 2.80. The summed E-state index contributed by atoms with van der Waals surface area (Å²) in [4.78, 5) is 10.6. The third-order valence-electron chi connectivity index (χ3n) is 3.89. The summed E-state index contributed by atoms with van der Waals surface area (Å²) < 4.78 is 5.54. The maximum absolute atomic E-state index is 11.0. The molecule has 6 heteroatoms. The fraction of sp³-hybridized carbons (Fsp3) is 0.600. The molecule has 0 heterocycles. The summed E-state index contributed by atoms with van der Waals surface area (Å²) in [7, 11) is 0. The molecule has 0 aliphatic heterocycles. The first-order valence-electron chi connectivity index (χ1n) is 7.53. The molecule has 1 saturated carbocycles. The fourth-order valence-corrected chi connectivity index (χ4v) is 2.80. The second-order valence-electron chi connectivity index (χ2n) is 5.50. The first-order chi connectivity index (χ1) is 10.1. The second-order valence-corrected chi connectivity index (χ2v) is 5.50. The highest BCUT2D eigenvalue weighted by molar-refractivity contribution is 5.57. The lowest BCUT2D eigenvalue weighted by Crippen LogP contribution is -2.29. The van der Waals surface area contributed by atoms with E-state index >= 15 is 0 Å². The first-order valence-corrected chi connectivity index (χ1v) is 7.53. The number of anilines is 1.